The summed E-state index contributed by atoms with van der Waals surface area (Å²) in [6.45, 7) is 7.90. The highest BCUT2D eigenvalue weighted by Crippen LogP contribution is 2.54. The van der Waals surface area contributed by atoms with Gasteiger partial charge in [0.2, 0.25) is 47.3 Å². The Morgan fingerprint density at radius 3 is 1.53 bits per heavy atom. The minimum Gasteiger partial charge on any atom is -0.467 e. The summed E-state index contributed by atoms with van der Waals surface area (Å²) < 4.78 is 124. The summed E-state index contributed by atoms with van der Waals surface area (Å²) >= 11 is 0. The van der Waals surface area contributed by atoms with Gasteiger partial charge in [-0.1, -0.05) is 60.7 Å². The lowest BCUT2D eigenvalue weighted by molar-refractivity contribution is -0.332. The number of nitrogens with one attached hydrogen (secondary N) is 8. The molecular formula is C64H89F3N9O27P. The van der Waals surface area contributed by atoms with E-state index in [2.05, 4.69) is 42.0 Å². The molecule has 40 heteroatoms. The fourth-order valence-corrected chi connectivity index (χ4v) is 11.3. The Kier molecular flexibility index (Phi) is 35.1. The maximum absolute atomic E-state index is 15.2. The molecule has 0 radical (unpaired) electrons. The van der Waals surface area contributed by atoms with E-state index in [1.165, 1.54) is 13.8 Å². The quantitative estimate of drug-likeness (QED) is 0.0183. The van der Waals surface area contributed by atoms with E-state index in [1.807, 2.05) is 0 Å². The van der Waals surface area contributed by atoms with Gasteiger partial charge in [0.15, 0.2) is 24.8 Å². The molecule has 104 heavy (non-hydrogen) atoms. The van der Waals surface area contributed by atoms with Gasteiger partial charge in [0.25, 0.3) is 0 Å². The fourth-order valence-electron chi connectivity index (χ4n) is 10.1. The number of carbonyl (C=O) groups is 14. The maximum atomic E-state index is 15.2. The topological polar surface area (TPSA) is 489 Å². The zero-order chi connectivity index (χ0) is 77.8. The van der Waals surface area contributed by atoms with Gasteiger partial charge in [-0.05, 0) is 64.5 Å². The van der Waals surface area contributed by atoms with Gasteiger partial charge in [-0.3, -0.25) is 75.9 Å². The zero-order valence-electron chi connectivity index (χ0n) is 58.8. The molecule has 2 heterocycles. The van der Waals surface area contributed by atoms with Crippen LogP contribution in [0, 0.1) is 0 Å². The van der Waals surface area contributed by atoms with Gasteiger partial charge < -0.3 is 90.9 Å². The van der Waals surface area contributed by atoms with Crippen molar-refractivity contribution in [2.24, 2.45) is 5.73 Å². The Balaban J connectivity index is 1.74. The molecule has 16 atom stereocenters. The lowest BCUT2D eigenvalue weighted by Crippen LogP contribution is -2.70. The number of hydrogen-bond acceptors (Lipinski definition) is 27. The summed E-state index contributed by atoms with van der Waals surface area (Å²) in [6, 6.07) is 5.57. The summed E-state index contributed by atoms with van der Waals surface area (Å²) in [5.74, 6) is -14.9. The van der Waals surface area contributed by atoms with Crippen molar-refractivity contribution in [2.45, 2.75) is 218 Å². The highest BCUT2D eigenvalue weighted by Gasteiger charge is 2.57. The van der Waals surface area contributed by atoms with Crippen molar-refractivity contribution < 1.29 is 141 Å². The van der Waals surface area contributed by atoms with Crippen molar-refractivity contribution in [3.8, 4) is 0 Å². The molecule has 2 aliphatic rings. The number of phosphoric ester groups is 1. The summed E-state index contributed by atoms with van der Waals surface area (Å²) in [7, 11) is -3.96. The van der Waals surface area contributed by atoms with Crippen molar-refractivity contribution in [1.29, 1.82) is 0 Å². The number of alkyl halides is 3. The van der Waals surface area contributed by atoms with Crippen molar-refractivity contribution in [3.05, 3.63) is 71.8 Å². The van der Waals surface area contributed by atoms with E-state index in [1.54, 1.807) is 66.0 Å². The third kappa shape index (κ3) is 29.5. The van der Waals surface area contributed by atoms with Crippen LogP contribution < -0.4 is 48.3 Å². The normalized spacial score (nSPS) is 21.9. The molecule has 2 aliphatic heterocycles. The van der Waals surface area contributed by atoms with Gasteiger partial charge in [-0.15, -0.1) is 0 Å². The van der Waals surface area contributed by atoms with Crippen molar-refractivity contribution in [3.63, 3.8) is 0 Å². The van der Waals surface area contributed by atoms with Gasteiger partial charge >= 0.3 is 49.8 Å². The first-order valence-corrected chi connectivity index (χ1v) is 33.9. The largest absolute Gasteiger partial charge is 0.477 e. The Labute approximate surface area is 595 Å². The number of rotatable bonds is 39. The van der Waals surface area contributed by atoms with E-state index in [9.17, 15) is 80.3 Å². The van der Waals surface area contributed by atoms with Crippen LogP contribution in [0.15, 0.2) is 60.7 Å². The molecule has 0 bridgehead atoms. The number of methoxy groups -OCH3 is 1. The molecule has 0 saturated carbocycles. The number of primary amides is 1. The second kappa shape index (κ2) is 41.9. The summed E-state index contributed by atoms with van der Waals surface area (Å²) in [5, 5.41) is 18.5. The third-order valence-corrected chi connectivity index (χ3v) is 16.5. The van der Waals surface area contributed by atoms with E-state index in [0.717, 1.165) is 62.5 Å². The minimum absolute atomic E-state index is 0.0932. The van der Waals surface area contributed by atoms with E-state index in [-0.39, 0.29) is 19.3 Å². The molecule has 0 aromatic heterocycles. The number of benzene rings is 2. The van der Waals surface area contributed by atoms with E-state index < -0.39 is 240 Å². The first kappa shape index (κ1) is 87.2. The van der Waals surface area contributed by atoms with Gasteiger partial charge in [0.05, 0.1) is 20.3 Å². The Hall–Kier alpha value is -9.24. The van der Waals surface area contributed by atoms with Crippen molar-refractivity contribution in [1.82, 2.24) is 42.5 Å². The molecule has 4 rings (SSSR count). The van der Waals surface area contributed by atoms with Crippen LogP contribution in [0.3, 0.4) is 0 Å². The van der Waals surface area contributed by atoms with Gasteiger partial charge in [-0.2, -0.15) is 13.2 Å². The summed E-state index contributed by atoms with van der Waals surface area (Å²) in [5.41, 5.74) is 6.59. The second-order valence-corrected chi connectivity index (χ2v) is 25.4. The van der Waals surface area contributed by atoms with Gasteiger partial charge in [-0.25, -0.2) is 9.36 Å². The number of phosphoric acid groups is 1. The number of carbonyl (C=O) groups excluding carboxylic acids is 14. The van der Waals surface area contributed by atoms with Crippen LogP contribution in [0.2, 0.25) is 0 Å². The minimum atomic E-state index is -5.18. The van der Waals surface area contributed by atoms with Gasteiger partial charge in [0.1, 0.15) is 86.0 Å². The van der Waals surface area contributed by atoms with Crippen LogP contribution >= 0.6 is 7.82 Å². The first-order valence-electron chi connectivity index (χ1n) is 32.5. The van der Waals surface area contributed by atoms with Gasteiger partial charge in [0, 0.05) is 54.5 Å². The molecule has 578 valence electrons. The zero-order valence-corrected chi connectivity index (χ0v) is 59.7. The number of hydrogen-bond donors (Lipinski definition) is 9. The van der Waals surface area contributed by atoms with Crippen LogP contribution in [-0.2, 0) is 141 Å². The summed E-state index contributed by atoms with van der Waals surface area (Å²) in [4.78, 5) is 182. The lowest BCUT2D eigenvalue weighted by atomic mass is 9.93. The predicted octanol–water partition coefficient (Wildman–Crippen LogP) is -0.0766. The molecule has 9 amide bonds. The van der Waals surface area contributed by atoms with Crippen LogP contribution in [0.1, 0.15) is 112 Å². The molecule has 2 aromatic rings. The van der Waals surface area contributed by atoms with Crippen molar-refractivity contribution in [2.75, 3.05) is 26.9 Å². The predicted molar refractivity (Wildman–Crippen MR) is 347 cm³/mol. The molecule has 36 nitrogen and oxygen atoms in total. The fraction of sp³-hybridized carbons (Fsp3) is 0.594. The first-order chi connectivity index (χ1) is 48.8. The third-order valence-electron chi connectivity index (χ3n) is 15.1. The number of nitrogens with two attached hydrogens (primary N) is 1. The summed E-state index contributed by atoms with van der Waals surface area (Å²) in [6.07, 6.45) is -23.7. The highest BCUT2D eigenvalue weighted by molar-refractivity contribution is 7.48. The van der Waals surface area contributed by atoms with Crippen LogP contribution in [0.25, 0.3) is 0 Å². The molecule has 2 saturated heterocycles. The number of amides is 9. The van der Waals surface area contributed by atoms with Crippen LogP contribution in [0.4, 0.5) is 13.2 Å². The monoisotopic (exact) mass is 1500 g/mol. The Morgan fingerprint density at radius 1 is 0.558 bits per heavy atom. The number of ether oxygens (including phenoxy) is 9. The van der Waals surface area contributed by atoms with E-state index >= 15 is 4.57 Å². The second-order valence-electron chi connectivity index (χ2n) is 23.8. The number of halogens is 3. The smallest absolute Gasteiger partial charge is 0.467 e. The molecule has 10 N–H and O–H groups in total. The standard InChI is InChI=1S/C64H89F3N9O27P/c1-32(56(85)72-34(3)60(89)92-11)71-59(88)45(24-18-19-27-69-63(90)64(65,66)67)75-48(83)26-25-44(55(68)84)76-57(86)33(2)70-58(87)35(4)97-53-50(74-37(6)78)62(103-104(91,95-28-42-20-14-12-15-21-42)96-29-43-22-16-13-17-23-43)101-47(31-94-39(8)80)52(53)102-61-49(73-36(5)77)54(99-41(10)82)51(98-40(9)81)46(100-61)30-93-38(7)79/h12-17,20-23,32-35,44-47,49-54,61-62H,18-19,24-31H2,1-11H3,(H2,68,84)(H,69,90)(H,70,87)(H,71,88)(H,72,85)(H,73,77)(H,74,78)(H,75,83)(H,76,86)/t32-,33+,34-,35-,44+,45+,46-,47-,49-,50-,51-,52-,53-,54-,61+,62-/m1/s1. The number of unbranched alkanes of at least 4 members (excludes halogenated alkanes) is 1. The molecule has 2 fully saturated rings. The van der Waals surface area contributed by atoms with Crippen LogP contribution in [-0.4, -0.2) is 214 Å². The average molecular weight is 1500 g/mol. The Bertz CT molecular complexity index is 3320. The lowest BCUT2D eigenvalue weighted by Gasteiger charge is -2.50. The van der Waals surface area contributed by atoms with E-state index in [0.29, 0.717) is 11.1 Å². The molecule has 0 unspecified atom stereocenters. The highest BCUT2D eigenvalue weighted by atomic mass is 31.2. The number of esters is 5. The molecular weight excluding hydrogens is 1410 g/mol. The molecule has 0 spiro atoms. The molecule has 0 aliphatic carbocycles. The average Bonchev–Trinajstić information content (AvgIpc) is 0.763. The van der Waals surface area contributed by atoms with Crippen molar-refractivity contribution >= 4 is 90.8 Å². The van der Waals surface area contributed by atoms with E-state index in [4.69, 9.17) is 57.2 Å². The Morgan fingerprint density at radius 2 is 1.04 bits per heavy atom. The van der Waals surface area contributed by atoms with Crippen LogP contribution in [0.5, 0.6) is 0 Å². The molecule has 2 aromatic carbocycles. The SMILES string of the molecule is COC(=O)[C@@H](C)NC(=O)[C@@H](C)NC(=O)[C@H](CCCCNC(=O)C(F)(F)F)NC(=O)CC[C@H](NC(=O)[C@H](C)NC(=O)[C@@H](C)O[C@@H]1[C@@H](NC(C)=O)[C@@H](OP(=O)(OCc2ccccc2)OCc2ccccc2)O[C@H](COC(C)=O)[C@H]1O[C@@H]1O[C@H](COC(C)=O)[C@@H](OC(C)=O)[C@H](OC(C)=O)[C@H]1NC(C)=O)C(N)=O. The maximum Gasteiger partial charge on any atom is 0.477 e.